The molecule has 4 aromatic rings. The zero-order valence-electron chi connectivity index (χ0n) is 27.9. The number of pyridine rings is 1. The zero-order chi connectivity index (χ0) is 32.6. The fraction of sp³-hybridized carbons (Fsp3) is 0.425. The second-order valence-corrected chi connectivity index (χ2v) is 12.9. The molecule has 7 heteroatoms. The normalized spacial score (nSPS) is 17.0. The number of nitrogens with zero attached hydrogens (tertiary/aromatic N) is 4. The molecule has 1 aliphatic heterocycles. The Morgan fingerprint density at radius 3 is 2.15 bits per heavy atom. The molecule has 47 heavy (non-hydrogen) atoms. The maximum absolute atomic E-state index is 14.8. The number of para-hydroxylation sites is 1. The van der Waals surface area contributed by atoms with Gasteiger partial charge in [0.25, 0.3) is 5.91 Å². The Balaban J connectivity index is 1.30. The van der Waals surface area contributed by atoms with Gasteiger partial charge in [-0.1, -0.05) is 98.1 Å². The van der Waals surface area contributed by atoms with Crippen LogP contribution in [0, 0.1) is 0 Å². The number of hydrogen-bond acceptors (Lipinski definition) is 6. The zero-order valence-corrected chi connectivity index (χ0v) is 27.9. The highest BCUT2D eigenvalue weighted by Gasteiger charge is 2.32. The molecule has 2 fully saturated rings. The second kappa shape index (κ2) is 15.7. The van der Waals surface area contributed by atoms with Crippen LogP contribution >= 0.6 is 0 Å². The van der Waals surface area contributed by atoms with Crippen LogP contribution in [0.5, 0.6) is 0 Å². The van der Waals surface area contributed by atoms with Gasteiger partial charge in [0.2, 0.25) is 0 Å². The number of aromatic nitrogens is 1. The highest BCUT2D eigenvalue weighted by molar-refractivity contribution is 6.09. The van der Waals surface area contributed by atoms with Crippen molar-refractivity contribution in [3.63, 3.8) is 0 Å². The minimum Gasteiger partial charge on any atom is -0.465 e. The minimum absolute atomic E-state index is 0.129. The molecular weight excluding hydrogens is 584 g/mol. The second-order valence-electron chi connectivity index (χ2n) is 12.9. The molecule has 0 spiro atoms. The number of carbonyl (C=O) groups excluding carboxylic acids is 2. The number of amides is 1. The Morgan fingerprint density at radius 1 is 0.830 bits per heavy atom. The van der Waals surface area contributed by atoms with E-state index in [1.54, 1.807) is 0 Å². The van der Waals surface area contributed by atoms with Crippen molar-refractivity contribution in [1.82, 2.24) is 19.7 Å². The predicted molar refractivity (Wildman–Crippen MR) is 188 cm³/mol. The SMILES string of the molecule is CCOC(=O)C(CN1CCN(Cc2c(-c3ccccc3)nc3ccccc3c2C(=O)N(CC)C2CCCCC2)CC1)c1ccccc1. The molecule has 1 aliphatic carbocycles. The number of hydrogen-bond donors (Lipinski definition) is 0. The molecule has 1 saturated heterocycles. The van der Waals surface area contributed by atoms with Gasteiger partial charge in [-0.2, -0.15) is 0 Å². The summed E-state index contributed by atoms with van der Waals surface area (Å²) in [6.07, 6.45) is 5.75. The van der Waals surface area contributed by atoms with Crippen molar-refractivity contribution < 1.29 is 14.3 Å². The average molecular weight is 633 g/mol. The summed E-state index contributed by atoms with van der Waals surface area (Å²) in [6, 6.07) is 28.7. The molecule has 0 bridgehead atoms. The Morgan fingerprint density at radius 2 is 1.47 bits per heavy atom. The molecule has 2 aliphatic rings. The molecule has 1 unspecified atom stereocenters. The number of benzene rings is 3. The topological polar surface area (TPSA) is 66.0 Å². The van der Waals surface area contributed by atoms with Crippen molar-refractivity contribution in [1.29, 1.82) is 0 Å². The molecule has 3 aromatic carbocycles. The van der Waals surface area contributed by atoms with E-state index in [9.17, 15) is 9.59 Å². The fourth-order valence-corrected chi connectivity index (χ4v) is 7.44. The molecule has 6 rings (SSSR count). The van der Waals surface area contributed by atoms with E-state index in [0.29, 0.717) is 26.2 Å². The highest BCUT2D eigenvalue weighted by atomic mass is 16.5. The number of rotatable bonds is 11. The van der Waals surface area contributed by atoms with Gasteiger partial charge in [0.05, 0.1) is 29.3 Å². The Labute approximate surface area is 279 Å². The summed E-state index contributed by atoms with van der Waals surface area (Å²) in [7, 11) is 0. The fourth-order valence-electron chi connectivity index (χ4n) is 7.44. The minimum atomic E-state index is -0.318. The van der Waals surface area contributed by atoms with Gasteiger partial charge in [0.1, 0.15) is 0 Å². The first-order chi connectivity index (χ1) is 23.1. The smallest absolute Gasteiger partial charge is 0.314 e. The Hall–Kier alpha value is -4.07. The van der Waals surface area contributed by atoms with Crippen LogP contribution in [0.25, 0.3) is 22.2 Å². The van der Waals surface area contributed by atoms with Gasteiger partial charge in [-0.05, 0) is 38.3 Å². The molecule has 1 aromatic heterocycles. The lowest BCUT2D eigenvalue weighted by Gasteiger charge is -2.37. The summed E-state index contributed by atoms with van der Waals surface area (Å²) in [5.74, 6) is -0.359. The number of carbonyl (C=O) groups is 2. The molecule has 0 N–H and O–H groups in total. The van der Waals surface area contributed by atoms with Crippen LogP contribution in [0.2, 0.25) is 0 Å². The van der Waals surface area contributed by atoms with Crippen molar-refractivity contribution in [3.05, 3.63) is 102 Å². The van der Waals surface area contributed by atoms with E-state index in [-0.39, 0.29) is 23.8 Å². The van der Waals surface area contributed by atoms with Crippen molar-refractivity contribution in [3.8, 4) is 11.3 Å². The molecular formula is C40H48N4O3. The summed E-state index contributed by atoms with van der Waals surface area (Å²) in [5, 5.41) is 0.931. The van der Waals surface area contributed by atoms with Crippen molar-refractivity contribution in [2.45, 2.75) is 64.5 Å². The van der Waals surface area contributed by atoms with Crippen LogP contribution in [0.1, 0.15) is 73.4 Å². The van der Waals surface area contributed by atoms with E-state index in [0.717, 1.165) is 77.9 Å². The van der Waals surface area contributed by atoms with Gasteiger partial charge in [-0.25, -0.2) is 4.98 Å². The van der Waals surface area contributed by atoms with Crippen LogP contribution in [0.15, 0.2) is 84.9 Å². The summed E-state index contributed by atoms with van der Waals surface area (Å²) < 4.78 is 5.48. The van der Waals surface area contributed by atoms with Crippen molar-refractivity contribution >= 4 is 22.8 Å². The Bertz CT molecular complexity index is 1630. The third-order valence-electron chi connectivity index (χ3n) is 9.93. The summed E-state index contributed by atoms with van der Waals surface area (Å²) in [6.45, 7) is 9.63. The lowest BCUT2D eigenvalue weighted by atomic mass is 9.91. The van der Waals surface area contributed by atoms with Crippen molar-refractivity contribution in [2.24, 2.45) is 0 Å². The Kier molecular flexibility index (Phi) is 11.0. The maximum atomic E-state index is 14.8. The molecule has 246 valence electrons. The lowest BCUT2D eigenvalue weighted by molar-refractivity contribution is -0.145. The molecule has 1 amide bonds. The molecule has 7 nitrogen and oxygen atoms in total. The van der Waals surface area contributed by atoms with Crippen LogP contribution in [0.4, 0.5) is 0 Å². The van der Waals surface area contributed by atoms with Gasteiger partial charge in [-0.15, -0.1) is 0 Å². The highest BCUT2D eigenvalue weighted by Crippen LogP contribution is 2.34. The van der Waals surface area contributed by atoms with Gasteiger partial charge >= 0.3 is 5.97 Å². The van der Waals surface area contributed by atoms with Gasteiger partial charge in [0.15, 0.2) is 0 Å². The van der Waals surface area contributed by atoms with E-state index in [1.807, 2.05) is 73.7 Å². The number of piperazine rings is 1. The molecule has 1 atom stereocenters. The predicted octanol–water partition coefficient (Wildman–Crippen LogP) is 7.16. The number of ether oxygens (including phenoxy) is 1. The third-order valence-corrected chi connectivity index (χ3v) is 9.93. The van der Waals surface area contributed by atoms with Crippen molar-refractivity contribution in [2.75, 3.05) is 45.9 Å². The third kappa shape index (κ3) is 7.58. The number of esters is 1. The molecule has 1 saturated carbocycles. The van der Waals surface area contributed by atoms with Crippen LogP contribution in [-0.2, 0) is 16.1 Å². The number of fused-ring (bicyclic) bond motifs is 1. The summed E-state index contributed by atoms with van der Waals surface area (Å²) >= 11 is 0. The van der Waals surface area contributed by atoms with E-state index >= 15 is 0 Å². The monoisotopic (exact) mass is 632 g/mol. The maximum Gasteiger partial charge on any atom is 0.314 e. The molecule has 0 radical (unpaired) electrons. The van der Waals surface area contributed by atoms with E-state index in [1.165, 1.54) is 19.3 Å². The average Bonchev–Trinajstić information content (AvgIpc) is 3.12. The first-order valence-corrected chi connectivity index (χ1v) is 17.5. The molecule has 2 heterocycles. The van der Waals surface area contributed by atoms with Gasteiger partial charge in [-0.3, -0.25) is 19.4 Å². The van der Waals surface area contributed by atoms with Crippen LogP contribution in [-0.4, -0.2) is 83.5 Å². The van der Waals surface area contributed by atoms with E-state index in [4.69, 9.17) is 9.72 Å². The van der Waals surface area contributed by atoms with Gasteiger partial charge in [0, 0.05) is 68.4 Å². The first kappa shape index (κ1) is 32.9. The summed E-state index contributed by atoms with van der Waals surface area (Å²) in [4.78, 5) is 40.0. The quantitative estimate of drug-likeness (QED) is 0.164. The lowest BCUT2D eigenvalue weighted by Crippen LogP contribution is -2.48. The van der Waals surface area contributed by atoms with Crippen LogP contribution < -0.4 is 0 Å². The van der Waals surface area contributed by atoms with E-state index < -0.39 is 0 Å². The largest absolute Gasteiger partial charge is 0.465 e. The van der Waals surface area contributed by atoms with Crippen LogP contribution in [0.3, 0.4) is 0 Å². The standard InChI is InChI=1S/C40H48N4O3/c1-3-44(32-20-12-7-13-21-32)39(45)37-33-22-14-15-23-36(33)41-38(31-18-10-6-11-19-31)35(37)29-43-26-24-42(25-27-43)28-34(40(46)47-4-2)30-16-8-5-9-17-30/h5-6,8-11,14-19,22-23,32,34H,3-4,7,12-13,20-21,24-29H2,1-2H3. The van der Waals surface area contributed by atoms with E-state index in [2.05, 4.69) is 39.8 Å². The first-order valence-electron chi connectivity index (χ1n) is 17.5. The van der Waals surface area contributed by atoms with Gasteiger partial charge < -0.3 is 9.64 Å². The summed E-state index contributed by atoms with van der Waals surface area (Å²) in [5.41, 5.74) is 5.58.